The van der Waals surface area contributed by atoms with Gasteiger partial charge >= 0.3 is 6.03 Å². The zero-order chi connectivity index (χ0) is 17.6. The van der Waals surface area contributed by atoms with E-state index in [9.17, 15) is 4.79 Å². The summed E-state index contributed by atoms with van der Waals surface area (Å²) in [5.41, 5.74) is 2.04. The summed E-state index contributed by atoms with van der Waals surface area (Å²) in [5, 5.41) is 14.7. The highest BCUT2D eigenvalue weighted by atomic mass is 16.3. The zero-order valence-electron chi connectivity index (χ0n) is 14.8. The predicted molar refractivity (Wildman–Crippen MR) is 96.0 cm³/mol. The van der Waals surface area contributed by atoms with Crippen molar-refractivity contribution in [3.63, 3.8) is 0 Å². The lowest BCUT2D eigenvalue weighted by atomic mass is 9.90. The fraction of sp³-hybridized carbons (Fsp3) is 0.556. The minimum Gasteiger partial charge on any atom is -0.396 e. The highest BCUT2D eigenvalue weighted by Gasteiger charge is 2.17. The molecule has 1 aromatic heterocycles. The van der Waals surface area contributed by atoms with Crippen molar-refractivity contribution in [1.82, 2.24) is 20.2 Å². The molecule has 0 fully saturated rings. The number of imidazole rings is 1. The molecule has 2 amide bonds. The van der Waals surface area contributed by atoms with E-state index in [1.165, 1.54) is 0 Å². The summed E-state index contributed by atoms with van der Waals surface area (Å²) in [6, 6.07) is 7.92. The van der Waals surface area contributed by atoms with Gasteiger partial charge in [-0.25, -0.2) is 9.78 Å². The SMILES string of the molecule is Cc1nc2ccccc2n1CCCNC(=O)NCC(C)(C)CCO. The summed E-state index contributed by atoms with van der Waals surface area (Å²) >= 11 is 0. The Bertz CT molecular complexity index is 679. The fourth-order valence-corrected chi connectivity index (χ4v) is 2.69. The number of hydrogen-bond acceptors (Lipinski definition) is 3. The van der Waals surface area contributed by atoms with Crippen molar-refractivity contribution in [2.75, 3.05) is 19.7 Å². The number of urea groups is 1. The molecule has 0 aliphatic rings. The van der Waals surface area contributed by atoms with E-state index in [1.807, 2.05) is 39.0 Å². The number of benzene rings is 1. The number of aromatic nitrogens is 2. The molecular formula is C18H28N4O2. The third-order valence-corrected chi connectivity index (χ3v) is 4.21. The number of fused-ring (bicyclic) bond motifs is 1. The lowest BCUT2D eigenvalue weighted by molar-refractivity contribution is 0.201. The molecule has 0 atom stereocenters. The van der Waals surface area contributed by atoms with E-state index in [2.05, 4.69) is 26.3 Å². The summed E-state index contributed by atoms with van der Waals surface area (Å²) in [5.74, 6) is 0.992. The number of amides is 2. The number of rotatable bonds is 8. The minimum atomic E-state index is -0.159. The second-order valence-corrected chi connectivity index (χ2v) is 6.90. The normalized spacial score (nSPS) is 11.7. The van der Waals surface area contributed by atoms with Crippen LogP contribution in [0.3, 0.4) is 0 Å². The third kappa shape index (κ3) is 4.96. The van der Waals surface area contributed by atoms with Gasteiger partial charge in [0.05, 0.1) is 11.0 Å². The van der Waals surface area contributed by atoms with Gasteiger partial charge in [0.25, 0.3) is 0 Å². The molecular weight excluding hydrogens is 304 g/mol. The monoisotopic (exact) mass is 332 g/mol. The Morgan fingerprint density at radius 3 is 2.79 bits per heavy atom. The van der Waals surface area contributed by atoms with E-state index >= 15 is 0 Å². The molecule has 0 aliphatic heterocycles. The molecule has 0 unspecified atom stereocenters. The molecule has 3 N–H and O–H groups in total. The van der Waals surface area contributed by atoms with Crippen LogP contribution in [-0.2, 0) is 6.54 Å². The van der Waals surface area contributed by atoms with Gasteiger partial charge in [-0.15, -0.1) is 0 Å². The molecule has 0 saturated carbocycles. The molecule has 1 aromatic carbocycles. The highest BCUT2D eigenvalue weighted by molar-refractivity contribution is 5.76. The Labute approximate surface area is 143 Å². The average molecular weight is 332 g/mol. The van der Waals surface area contributed by atoms with Gasteiger partial charge in [-0.3, -0.25) is 0 Å². The number of carbonyl (C=O) groups excluding carboxylic acids is 1. The summed E-state index contributed by atoms with van der Waals surface area (Å²) in [4.78, 5) is 16.4. The molecule has 2 aromatic rings. The van der Waals surface area contributed by atoms with Crippen molar-refractivity contribution in [2.45, 2.75) is 40.2 Å². The Morgan fingerprint density at radius 1 is 1.29 bits per heavy atom. The number of nitrogens with one attached hydrogen (secondary N) is 2. The number of hydrogen-bond donors (Lipinski definition) is 3. The summed E-state index contributed by atoms with van der Waals surface area (Å²) in [7, 11) is 0. The van der Waals surface area contributed by atoms with Crippen LogP contribution in [0, 0.1) is 12.3 Å². The van der Waals surface area contributed by atoms with E-state index < -0.39 is 0 Å². The van der Waals surface area contributed by atoms with Crippen molar-refractivity contribution < 1.29 is 9.90 Å². The van der Waals surface area contributed by atoms with Crippen LogP contribution in [0.15, 0.2) is 24.3 Å². The van der Waals surface area contributed by atoms with Crippen molar-refractivity contribution in [3.05, 3.63) is 30.1 Å². The average Bonchev–Trinajstić information content (AvgIpc) is 2.85. The van der Waals surface area contributed by atoms with Crippen LogP contribution in [0.25, 0.3) is 11.0 Å². The molecule has 6 heteroatoms. The maximum atomic E-state index is 11.8. The van der Waals surface area contributed by atoms with E-state index in [1.54, 1.807) is 0 Å². The quantitative estimate of drug-likeness (QED) is 0.650. The molecule has 2 rings (SSSR count). The van der Waals surface area contributed by atoms with Gasteiger partial charge < -0.3 is 20.3 Å². The fourth-order valence-electron chi connectivity index (χ4n) is 2.69. The van der Waals surface area contributed by atoms with Crippen LogP contribution >= 0.6 is 0 Å². The second-order valence-electron chi connectivity index (χ2n) is 6.90. The Hall–Kier alpha value is -2.08. The standard InChI is InChI=1S/C18H28N4O2/c1-14-21-15-7-4-5-8-16(15)22(14)11-6-10-19-17(24)20-13-18(2,3)9-12-23/h4-5,7-8,23H,6,9-13H2,1-3H3,(H2,19,20,24). The zero-order valence-corrected chi connectivity index (χ0v) is 14.8. The third-order valence-electron chi connectivity index (χ3n) is 4.21. The lowest BCUT2D eigenvalue weighted by Crippen LogP contribution is -2.41. The lowest BCUT2D eigenvalue weighted by Gasteiger charge is -2.23. The van der Waals surface area contributed by atoms with Crippen LogP contribution in [-0.4, -0.2) is 40.4 Å². The molecule has 6 nitrogen and oxygen atoms in total. The van der Waals surface area contributed by atoms with Crippen LogP contribution in [0.4, 0.5) is 4.79 Å². The van der Waals surface area contributed by atoms with Crippen LogP contribution in [0.5, 0.6) is 0 Å². The first-order chi connectivity index (χ1) is 11.4. The Morgan fingerprint density at radius 2 is 2.04 bits per heavy atom. The Balaban J connectivity index is 1.74. The second kappa shape index (κ2) is 8.15. The smallest absolute Gasteiger partial charge is 0.314 e. The molecule has 0 radical (unpaired) electrons. The molecule has 0 spiro atoms. The maximum Gasteiger partial charge on any atom is 0.314 e. The largest absolute Gasteiger partial charge is 0.396 e. The molecule has 1 heterocycles. The van der Waals surface area contributed by atoms with E-state index in [0.717, 1.165) is 29.8 Å². The number of aryl methyl sites for hydroxylation is 2. The van der Waals surface area contributed by atoms with Gasteiger partial charge in [-0.2, -0.15) is 0 Å². The van der Waals surface area contributed by atoms with Crippen LogP contribution in [0.1, 0.15) is 32.5 Å². The highest BCUT2D eigenvalue weighted by Crippen LogP contribution is 2.18. The number of carbonyl (C=O) groups is 1. The summed E-state index contributed by atoms with van der Waals surface area (Å²) in [6.07, 6.45) is 1.51. The molecule has 0 aliphatic carbocycles. The van der Waals surface area contributed by atoms with Gasteiger partial charge in [-0.1, -0.05) is 26.0 Å². The maximum absolute atomic E-state index is 11.8. The number of nitrogens with zero attached hydrogens (tertiary/aromatic N) is 2. The van der Waals surface area contributed by atoms with E-state index in [4.69, 9.17) is 5.11 Å². The van der Waals surface area contributed by atoms with Crippen molar-refractivity contribution in [2.24, 2.45) is 5.41 Å². The van der Waals surface area contributed by atoms with Gasteiger partial charge in [0.15, 0.2) is 0 Å². The number of para-hydroxylation sites is 2. The first kappa shape index (κ1) is 18.3. The topological polar surface area (TPSA) is 79.2 Å². The molecule has 24 heavy (non-hydrogen) atoms. The predicted octanol–water partition coefficient (Wildman–Crippen LogP) is 2.44. The molecule has 0 bridgehead atoms. The van der Waals surface area contributed by atoms with Crippen molar-refractivity contribution in [1.29, 1.82) is 0 Å². The van der Waals surface area contributed by atoms with Crippen molar-refractivity contribution in [3.8, 4) is 0 Å². The summed E-state index contributed by atoms with van der Waals surface area (Å²) in [6.45, 7) is 8.16. The van der Waals surface area contributed by atoms with Crippen molar-refractivity contribution >= 4 is 17.1 Å². The van der Waals surface area contributed by atoms with Gasteiger partial charge in [0.2, 0.25) is 0 Å². The van der Waals surface area contributed by atoms with Gasteiger partial charge in [0.1, 0.15) is 5.82 Å². The first-order valence-corrected chi connectivity index (χ1v) is 8.47. The van der Waals surface area contributed by atoms with E-state index in [0.29, 0.717) is 19.5 Å². The number of aliphatic hydroxyl groups excluding tert-OH is 1. The Kier molecular flexibility index (Phi) is 6.20. The van der Waals surface area contributed by atoms with Crippen LogP contribution < -0.4 is 10.6 Å². The summed E-state index contributed by atoms with van der Waals surface area (Å²) < 4.78 is 2.18. The first-order valence-electron chi connectivity index (χ1n) is 8.47. The van der Waals surface area contributed by atoms with Gasteiger partial charge in [0, 0.05) is 26.2 Å². The molecule has 132 valence electrons. The minimum absolute atomic E-state index is 0.0983. The van der Waals surface area contributed by atoms with Crippen LogP contribution in [0.2, 0.25) is 0 Å². The van der Waals surface area contributed by atoms with Gasteiger partial charge in [-0.05, 0) is 37.3 Å². The number of aliphatic hydroxyl groups is 1. The molecule has 0 saturated heterocycles. The van der Waals surface area contributed by atoms with E-state index in [-0.39, 0.29) is 18.1 Å².